The molecule has 1 fully saturated rings. The van der Waals surface area contributed by atoms with E-state index < -0.39 is 6.89 Å². The number of likely N-dealkylation sites (tertiary alicyclic amines) is 1. The summed E-state index contributed by atoms with van der Waals surface area (Å²) in [5, 5.41) is 13.6. The van der Waals surface area contributed by atoms with Crippen LogP contribution in [0.3, 0.4) is 0 Å². The Morgan fingerprint density at radius 1 is 0.788 bits per heavy atom. The van der Waals surface area contributed by atoms with E-state index in [1.807, 2.05) is 72.8 Å². The molecule has 2 heterocycles. The Kier molecular flexibility index (Phi) is 5.86. The highest BCUT2D eigenvalue weighted by molar-refractivity contribution is 7.92. The van der Waals surface area contributed by atoms with Gasteiger partial charge in [-0.15, -0.1) is 0 Å². The average Bonchev–Trinajstić information content (AvgIpc) is 3.44. The molecule has 0 aromatic heterocycles. The molecular formula is C29H25N2OP. The first-order chi connectivity index (χ1) is 16.2. The third-order valence-corrected chi connectivity index (χ3v) is 10.3. The highest BCUT2D eigenvalue weighted by Crippen LogP contribution is 2.53. The van der Waals surface area contributed by atoms with Crippen LogP contribution < -0.4 is 10.6 Å². The summed E-state index contributed by atoms with van der Waals surface area (Å²) >= 11 is 0. The Morgan fingerprint density at radius 2 is 1.30 bits per heavy atom. The molecule has 0 spiro atoms. The van der Waals surface area contributed by atoms with Gasteiger partial charge in [-0.3, -0.25) is 4.79 Å². The van der Waals surface area contributed by atoms with Gasteiger partial charge in [-0.1, -0.05) is 91.0 Å². The van der Waals surface area contributed by atoms with Crippen LogP contribution in [0.25, 0.3) is 0 Å². The molecule has 0 radical (unpaired) electrons. The predicted molar refractivity (Wildman–Crippen MR) is 137 cm³/mol. The molecule has 4 heteroatoms. The molecule has 5 rings (SSSR count). The number of nitrogens with zero attached hydrogens (tertiary/aromatic N) is 2. The standard InChI is InChI=1S/C29H25N2OP/c30-21-28-27(31-18-10-11-19-31)20-24(29(32)23-12-4-1-5-13-23)22-33(28,25-14-6-2-7-15-25)26-16-8-3-9-17-26/h1-9,12-17,20,22H,10-11,18-19H2. The number of hydrogen-bond donors (Lipinski definition) is 0. The van der Waals surface area contributed by atoms with E-state index in [0.29, 0.717) is 11.1 Å². The zero-order valence-corrected chi connectivity index (χ0v) is 19.3. The van der Waals surface area contributed by atoms with Gasteiger partial charge in [-0.25, -0.2) is 0 Å². The molecule has 2 aliphatic rings. The minimum absolute atomic E-state index is 0.000485. The molecular weight excluding hydrogens is 423 g/mol. The average molecular weight is 449 g/mol. The van der Waals surface area contributed by atoms with E-state index in [2.05, 4.69) is 41.1 Å². The third-order valence-electron chi connectivity index (χ3n) is 6.40. The summed E-state index contributed by atoms with van der Waals surface area (Å²) in [7, 11) is 0. The fourth-order valence-electron chi connectivity index (χ4n) is 4.80. The van der Waals surface area contributed by atoms with Gasteiger partial charge in [0.1, 0.15) is 6.07 Å². The monoisotopic (exact) mass is 448 g/mol. The molecule has 1 saturated heterocycles. The van der Waals surface area contributed by atoms with Gasteiger partial charge in [0.15, 0.2) is 5.78 Å². The maximum atomic E-state index is 13.7. The molecule has 0 saturated carbocycles. The second-order valence-electron chi connectivity index (χ2n) is 8.36. The number of hydrogen-bond acceptors (Lipinski definition) is 3. The molecule has 0 unspecified atom stereocenters. The topological polar surface area (TPSA) is 44.1 Å². The molecule has 33 heavy (non-hydrogen) atoms. The molecule has 3 aromatic carbocycles. The van der Waals surface area contributed by atoms with Crippen LogP contribution in [0.2, 0.25) is 0 Å². The highest BCUT2D eigenvalue weighted by Gasteiger charge is 2.35. The van der Waals surface area contributed by atoms with E-state index in [1.165, 1.54) is 0 Å². The summed E-state index contributed by atoms with van der Waals surface area (Å²) in [6.07, 6.45) is 4.16. The first-order valence-electron chi connectivity index (χ1n) is 11.3. The maximum Gasteiger partial charge on any atom is 0.193 e. The second-order valence-corrected chi connectivity index (χ2v) is 11.5. The van der Waals surface area contributed by atoms with Crippen LogP contribution >= 0.6 is 6.89 Å². The van der Waals surface area contributed by atoms with Gasteiger partial charge in [-0.05, 0) is 42.2 Å². The van der Waals surface area contributed by atoms with Crippen LogP contribution in [0.15, 0.2) is 114 Å². The molecule has 0 amide bonds. The Morgan fingerprint density at radius 3 is 1.82 bits per heavy atom. The summed E-state index contributed by atoms with van der Waals surface area (Å²) < 4.78 is 0. The molecule has 2 aliphatic heterocycles. The van der Waals surface area contributed by atoms with E-state index in [1.54, 1.807) is 0 Å². The largest absolute Gasteiger partial charge is 0.370 e. The van der Waals surface area contributed by atoms with Gasteiger partial charge in [-0.2, -0.15) is 5.26 Å². The quantitative estimate of drug-likeness (QED) is 0.402. The summed E-state index contributed by atoms with van der Waals surface area (Å²) in [5.74, 6) is 2.12. The SMILES string of the molecule is N#CC1=P(c2ccccc2)(c2ccccc2)C=C(C(=O)c2ccccc2)C=C1N1CCCC1. The van der Waals surface area contributed by atoms with E-state index in [9.17, 15) is 10.1 Å². The molecule has 0 bridgehead atoms. The van der Waals surface area contributed by atoms with Crippen molar-refractivity contribution in [2.45, 2.75) is 12.8 Å². The van der Waals surface area contributed by atoms with Crippen molar-refractivity contribution in [3.05, 3.63) is 120 Å². The predicted octanol–water partition coefficient (Wildman–Crippen LogP) is 5.11. The van der Waals surface area contributed by atoms with Crippen LogP contribution in [0.1, 0.15) is 23.2 Å². The van der Waals surface area contributed by atoms with Gasteiger partial charge in [0.2, 0.25) is 0 Å². The second kappa shape index (κ2) is 9.10. The summed E-state index contributed by atoms with van der Waals surface area (Å²) in [4.78, 5) is 16.0. The zero-order chi connectivity index (χ0) is 22.7. The number of Topliss-reactive ketones (excluding diaryl/α,β-unsaturated/α-hetero) is 1. The maximum absolute atomic E-state index is 13.7. The lowest BCUT2D eigenvalue weighted by Gasteiger charge is -2.34. The summed E-state index contributed by atoms with van der Waals surface area (Å²) in [6.45, 7) is -0.661. The molecule has 3 aromatic rings. The first-order valence-corrected chi connectivity index (χ1v) is 13.2. The number of ketones is 1. The Bertz CT molecular complexity index is 1280. The van der Waals surface area contributed by atoms with Crippen molar-refractivity contribution >= 4 is 28.6 Å². The Balaban J connectivity index is 1.86. The lowest BCUT2D eigenvalue weighted by Crippen LogP contribution is -2.31. The minimum atomic E-state index is -2.48. The lowest BCUT2D eigenvalue weighted by molar-refractivity contribution is 0.103. The van der Waals surface area contributed by atoms with Gasteiger partial charge >= 0.3 is 0 Å². The number of rotatable bonds is 5. The van der Waals surface area contributed by atoms with Crippen LogP contribution in [0.4, 0.5) is 0 Å². The van der Waals surface area contributed by atoms with Gasteiger partial charge in [0.25, 0.3) is 0 Å². The van der Waals surface area contributed by atoms with E-state index >= 15 is 0 Å². The van der Waals surface area contributed by atoms with Crippen molar-refractivity contribution < 1.29 is 4.79 Å². The Hall–Kier alpha value is -3.60. The van der Waals surface area contributed by atoms with Crippen molar-refractivity contribution in [2.75, 3.05) is 13.1 Å². The van der Waals surface area contributed by atoms with E-state index in [0.717, 1.165) is 47.5 Å². The summed E-state index contributed by atoms with van der Waals surface area (Å²) in [6, 6.07) is 32.6. The van der Waals surface area contributed by atoms with Gasteiger partial charge in [0.05, 0.1) is 11.0 Å². The van der Waals surface area contributed by atoms with Gasteiger partial charge < -0.3 is 4.90 Å². The van der Waals surface area contributed by atoms with Crippen LogP contribution in [0, 0.1) is 11.3 Å². The van der Waals surface area contributed by atoms with Crippen LogP contribution in [-0.2, 0) is 0 Å². The van der Waals surface area contributed by atoms with Crippen LogP contribution in [0.5, 0.6) is 0 Å². The number of carbonyl (C=O) groups is 1. The minimum Gasteiger partial charge on any atom is -0.370 e. The smallest absolute Gasteiger partial charge is 0.193 e. The van der Waals surface area contributed by atoms with Crippen molar-refractivity contribution in [1.82, 2.24) is 4.90 Å². The number of carbonyl (C=O) groups excluding carboxylic acids is 1. The van der Waals surface area contributed by atoms with Crippen molar-refractivity contribution in [3.8, 4) is 6.07 Å². The highest BCUT2D eigenvalue weighted by atomic mass is 31.2. The van der Waals surface area contributed by atoms with Crippen molar-refractivity contribution in [1.29, 1.82) is 5.26 Å². The molecule has 3 nitrogen and oxygen atoms in total. The zero-order valence-electron chi connectivity index (χ0n) is 18.4. The fraction of sp³-hybridized carbons (Fsp3) is 0.138. The van der Waals surface area contributed by atoms with Gasteiger partial charge in [0, 0.05) is 24.2 Å². The van der Waals surface area contributed by atoms with E-state index in [4.69, 9.17) is 0 Å². The molecule has 162 valence electrons. The molecule has 0 N–H and O–H groups in total. The first kappa shape index (κ1) is 21.3. The van der Waals surface area contributed by atoms with E-state index in [-0.39, 0.29) is 5.78 Å². The summed E-state index contributed by atoms with van der Waals surface area (Å²) in [5.41, 5.74) is 2.25. The number of allylic oxidation sites excluding steroid dienone is 3. The third kappa shape index (κ3) is 3.78. The normalized spacial score (nSPS) is 17.2. The molecule has 0 atom stereocenters. The lowest BCUT2D eigenvalue weighted by atomic mass is 10.0. The van der Waals surface area contributed by atoms with Crippen molar-refractivity contribution in [2.24, 2.45) is 0 Å². The number of nitriles is 1. The Labute approximate surface area is 195 Å². The fourth-order valence-corrected chi connectivity index (χ4v) is 8.67. The molecule has 0 aliphatic carbocycles. The van der Waals surface area contributed by atoms with Crippen molar-refractivity contribution in [3.63, 3.8) is 0 Å². The number of benzene rings is 3. The van der Waals surface area contributed by atoms with Crippen LogP contribution in [-0.4, -0.2) is 29.1 Å².